The van der Waals surface area contributed by atoms with Crippen LogP contribution in [0.1, 0.15) is 11.1 Å². The number of benzene rings is 6. The molecule has 0 fully saturated rings. The predicted molar refractivity (Wildman–Crippen MR) is 206 cm³/mol. The summed E-state index contributed by atoms with van der Waals surface area (Å²) in [5.41, 5.74) is 11.5. The van der Waals surface area contributed by atoms with Crippen molar-refractivity contribution in [3.8, 4) is 79.0 Å². The summed E-state index contributed by atoms with van der Waals surface area (Å²) >= 11 is 0. The first-order chi connectivity index (χ1) is 25.3. The van der Waals surface area contributed by atoms with Gasteiger partial charge < -0.3 is 4.74 Å². The third-order valence-electron chi connectivity index (χ3n) is 9.06. The molecule has 0 spiro atoms. The Morgan fingerprint density at radius 2 is 0.882 bits per heavy atom. The minimum Gasteiger partial charge on any atom is -0.456 e. The monoisotopic (exact) mass is 654 g/mol. The molecule has 0 N–H and O–H groups in total. The number of nitrogens with zero attached hydrogens (tertiary/aromatic N) is 4. The van der Waals surface area contributed by atoms with Gasteiger partial charge in [-0.05, 0) is 46.5 Å². The summed E-state index contributed by atoms with van der Waals surface area (Å²) in [6, 6.07) is 53.4. The number of aromatic nitrogens is 4. The summed E-state index contributed by atoms with van der Waals surface area (Å²) in [6.45, 7) is 0. The van der Waals surface area contributed by atoms with Gasteiger partial charge in [0.15, 0.2) is 11.6 Å². The van der Waals surface area contributed by atoms with Crippen molar-refractivity contribution in [1.29, 1.82) is 0 Å². The molecule has 3 heterocycles. The molecule has 1 aliphatic heterocycles. The third kappa shape index (κ3) is 5.98. The fourth-order valence-electron chi connectivity index (χ4n) is 6.49. The van der Waals surface area contributed by atoms with Crippen molar-refractivity contribution in [3.63, 3.8) is 0 Å². The second kappa shape index (κ2) is 13.1. The van der Waals surface area contributed by atoms with Crippen LogP contribution in [0.2, 0.25) is 0 Å². The molecule has 0 aliphatic carbocycles. The Bertz CT molecular complexity index is 2550. The molecule has 2 aromatic heterocycles. The summed E-state index contributed by atoms with van der Waals surface area (Å²) in [5.74, 6) is 2.84. The molecule has 0 amide bonds. The van der Waals surface area contributed by atoms with Gasteiger partial charge in [0, 0.05) is 45.8 Å². The van der Waals surface area contributed by atoms with Gasteiger partial charge in [0.1, 0.15) is 11.5 Å². The van der Waals surface area contributed by atoms with Crippen LogP contribution in [0.15, 0.2) is 170 Å². The lowest BCUT2D eigenvalue weighted by molar-refractivity contribution is 0.486. The summed E-state index contributed by atoms with van der Waals surface area (Å²) in [6.07, 6.45) is 8.03. The van der Waals surface area contributed by atoms with Crippen LogP contribution in [-0.2, 0) is 0 Å². The summed E-state index contributed by atoms with van der Waals surface area (Å²) in [4.78, 5) is 19.6. The highest BCUT2D eigenvalue weighted by atomic mass is 16.5. The summed E-state index contributed by atoms with van der Waals surface area (Å²) in [5, 5.41) is 0. The highest BCUT2D eigenvalue weighted by Crippen LogP contribution is 2.42. The number of hydrogen-bond acceptors (Lipinski definition) is 5. The van der Waals surface area contributed by atoms with E-state index in [1.807, 2.05) is 97.3 Å². The van der Waals surface area contributed by atoms with Crippen molar-refractivity contribution >= 4 is 12.2 Å². The van der Waals surface area contributed by atoms with Crippen LogP contribution < -0.4 is 4.74 Å². The van der Waals surface area contributed by atoms with Crippen molar-refractivity contribution in [3.05, 3.63) is 181 Å². The highest BCUT2D eigenvalue weighted by Gasteiger charge is 2.18. The fourth-order valence-corrected chi connectivity index (χ4v) is 6.49. The van der Waals surface area contributed by atoms with Gasteiger partial charge in [0.05, 0.1) is 11.4 Å². The van der Waals surface area contributed by atoms with Gasteiger partial charge in [-0.15, -0.1) is 0 Å². The lowest BCUT2D eigenvalue weighted by atomic mass is 9.94. The Labute approximate surface area is 296 Å². The van der Waals surface area contributed by atoms with E-state index in [2.05, 4.69) is 84.9 Å². The Kier molecular flexibility index (Phi) is 7.76. The molecule has 0 bridgehead atoms. The van der Waals surface area contributed by atoms with Crippen molar-refractivity contribution in [2.75, 3.05) is 0 Å². The molecule has 0 unspecified atom stereocenters. The molecule has 240 valence electrons. The second-order valence-electron chi connectivity index (χ2n) is 12.3. The van der Waals surface area contributed by atoms with Crippen LogP contribution in [0.25, 0.3) is 79.7 Å². The molecule has 6 aromatic carbocycles. The minimum absolute atomic E-state index is 0.605. The van der Waals surface area contributed by atoms with E-state index >= 15 is 0 Å². The maximum Gasteiger partial charge on any atom is 0.160 e. The maximum absolute atomic E-state index is 6.76. The third-order valence-corrected chi connectivity index (χ3v) is 9.06. The van der Waals surface area contributed by atoms with Gasteiger partial charge in [-0.3, -0.25) is 0 Å². The normalized spacial score (nSPS) is 12.2. The lowest BCUT2D eigenvalue weighted by Crippen LogP contribution is -1.98. The van der Waals surface area contributed by atoms with Crippen LogP contribution in [0, 0.1) is 0 Å². The van der Waals surface area contributed by atoms with Crippen LogP contribution in [0.3, 0.4) is 0 Å². The van der Waals surface area contributed by atoms with E-state index in [1.165, 1.54) is 0 Å². The van der Waals surface area contributed by atoms with Gasteiger partial charge in [0.25, 0.3) is 0 Å². The van der Waals surface area contributed by atoms with Gasteiger partial charge in [0.2, 0.25) is 0 Å². The zero-order valence-electron chi connectivity index (χ0n) is 27.5. The molecule has 0 saturated heterocycles. The number of rotatable bonds is 4. The highest BCUT2D eigenvalue weighted by molar-refractivity contribution is 5.90. The maximum atomic E-state index is 6.76. The Morgan fingerprint density at radius 3 is 1.57 bits per heavy atom. The van der Waals surface area contributed by atoms with Gasteiger partial charge in [-0.1, -0.05) is 146 Å². The van der Waals surface area contributed by atoms with Crippen molar-refractivity contribution in [2.24, 2.45) is 0 Å². The topological polar surface area (TPSA) is 60.8 Å². The molecule has 0 saturated carbocycles. The average molecular weight is 655 g/mol. The summed E-state index contributed by atoms with van der Waals surface area (Å²) in [7, 11) is 0. The molecule has 9 rings (SSSR count). The molecular weight excluding hydrogens is 625 g/mol. The lowest BCUT2D eigenvalue weighted by Gasteiger charge is -2.16. The fraction of sp³-hybridized carbons (Fsp3) is 0. The van der Waals surface area contributed by atoms with Crippen LogP contribution in [0.4, 0.5) is 0 Å². The quantitative estimate of drug-likeness (QED) is 0.189. The van der Waals surface area contributed by atoms with E-state index < -0.39 is 0 Å². The zero-order chi connectivity index (χ0) is 34.0. The largest absolute Gasteiger partial charge is 0.456 e. The van der Waals surface area contributed by atoms with Crippen LogP contribution in [0.5, 0.6) is 11.5 Å². The molecule has 5 nitrogen and oxygen atoms in total. The Morgan fingerprint density at radius 1 is 0.353 bits per heavy atom. The molecule has 5 heteroatoms. The van der Waals surface area contributed by atoms with Crippen LogP contribution in [-0.4, -0.2) is 19.9 Å². The summed E-state index contributed by atoms with van der Waals surface area (Å²) < 4.78 is 6.76. The Balaban J connectivity index is 1.21. The van der Waals surface area contributed by atoms with E-state index in [0.29, 0.717) is 11.6 Å². The van der Waals surface area contributed by atoms with Crippen molar-refractivity contribution in [2.45, 2.75) is 0 Å². The number of para-hydroxylation sites is 2. The molecule has 51 heavy (non-hydrogen) atoms. The van der Waals surface area contributed by atoms with E-state index in [4.69, 9.17) is 24.7 Å². The number of hydrogen-bond donors (Lipinski definition) is 0. The second-order valence-corrected chi connectivity index (χ2v) is 12.3. The van der Waals surface area contributed by atoms with Gasteiger partial charge in [-0.25, -0.2) is 19.9 Å². The zero-order valence-corrected chi connectivity index (χ0v) is 27.5. The minimum atomic E-state index is 0.605. The predicted octanol–water partition coefficient (Wildman–Crippen LogP) is 11.5. The molecular formula is C46H30N4O. The standard InChI is InChI=1S/C46H30N4O/c1-3-14-33(15-4-1)41-28-42(36-29-47-45(48-30-36)34-16-5-2-6-17-34)50-46(49-41)35-26-25-32-24-23-31-13-7-8-18-37(31)38-19-9-11-21-43(38)51-44-22-12-10-20-39(44)40(32)27-35/h1-30H/b24-23-. The first kappa shape index (κ1) is 30.1. The number of fused-ring (bicyclic) bond motifs is 6. The average Bonchev–Trinajstić information content (AvgIpc) is 3.23. The smallest absolute Gasteiger partial charge is 0.160 e. The molecule has 8 aromatic rings. The molecule has 1 aliphatic rings. The van der Waals surface area contributed by atoms with Gasteiger partial charge in [-0.2, -0.15) is 0 Å². The van der Waals surface area contributed by atoms with E-state index in [-0.39, 0.29) is 0 Å². The van der Waals surface area contributed by atoms with Gasteiger partial charge >= 0.3 is 0 Å². The van der Waals surface area contributed by atoms with E-state index in [1.54, 1.807) is 0 Å². The SMILES string of the molecule is C1=C\c2ccc(-c3nc(-c4ccccc4)cc(-c4cnc(-c5ccccc5)nc4)n3)cc2-c2ccccc2Oc2ccccc2-c2ccccc2/1. The first-order valence-corrected chi connectivity index (χ1v) is 16.9. The van der Waals surface area contributed by atoms with E-state index in [0.717, 1.165) is 78.5 Å². The number of ether oxygens (including phenoxy) is 1. The molecule has 0 radical (unpaired) electrons. The van der Waals surface area contributed by atoms with Crippen LogP contribution >= 0.6 is 0 Å². The van der Waals surface area contributed by atoms with Crippen molar-refractivity contribution < 1.29 is 4.74 Å². The first-order valence-electron chi connectivity index (χ1n) is 16.9. The van der Waals surface area contributed by atoms with Crippen molar-refractivity contribution in [1.82, 2.24) is 19.9 Å². The van der Waals surface area contributed by atoms with E-state index in [9.17, 15) is 0 Å². The molecule has 0 atom stereocenters. The Hall–Kier alpha value is -6.98.